The summed E-state index contributed by atoms with van der Waals surface area (Å²) >= 11 is 6.02. The molecule has 0 amide bonds. The molecule has 0 spiro atoms. The van der Waals surface area contributed by atoms with Gasteiger partial charge in [0, 0.05) is 36.9 Å². The van der Waals surface area contributed by atoms with Gasteiger partial charge in [-0.15, -0.1) is 0 Å². The van der Waals surface area contributed by atoms with Gasteiger partial charge in [-0.1, -0.05) is 29.8 Å². The number of carbonyl (C=O) groups is 1. The van der Waals surface area contributed by atoms with Crippen LogP contribution in [0.1, 0.15) is 5.56 Å². The predicted molar refractivity (Wildman–Crippen MR) is 100 cm³/mol. The van der Waals surface area contributed by atoms with Gasteiger partial charge in [-0.2, -0.15) is 4.31 Å². The fourth-order valence-corrected chi connectivity index (χ4v) is 4.68. The SMILES string of the molecule is O=C(O)Cc1cccc(S(=O)(=O)N2CCN(c3cccc(Cl)c3)CC2)c1. The number of piperazine rings is 1. The first kappa shape index (κ1) is 18.7. The van der Waals surface area contributed by atoms with Crippen LogP contribution in [0.4, 0.5) is 5.69 Å². The minimum Gasteiger partial charge on any atom is -0.481 e. The van der Waals surface area contributed by atoms with Gasteiger partial charge < -0.3 is 10.0 Å². The summed E-state index contributed by atoms with van der Waals surface area (Å²) in [6.07, 6.45) is -0.202. The number of hydrogen-bond acceptors (Lipinski definition) is 4. The Balaban J connectivity index is 1.73. The summed E-state index contributed by atoms with van der Waals surface area (Å²) in [5.41, 5.74) is 1.44. The molecular weight excluding hydrogens is 376 g/mol. The van der Waals surface area contributed by atoms with Gasteiger partial charge in [-0.05, 0) is 35.9 Å². The Morgan fingerprint density at radius 3 is 2.38 bits per heavy atom. The first-order chi connectivity index (χ1) is 12.4. The van der Waals surface area contributed by atoms with E-state index in [1.807, 2.05) is 18.2 Å². The molecule has 0 aromatic heterocycles. The molecule has 6 nitrogen and oxygen atoms in total. The van der Waals surface area contributed by atoms with Crippen LogP contribution in [0, 0.1) is 0 Å². The molecule has 1 N–H and O–H groups in total. The predicted octanol–water partition coefficient (Wildman–Crippen LogP) is 2.48. The first-order valence-electron chi connectivity index (χ1n) is 8.18. The molecule has 1 aliphatic heterocycles. The molecule has 2 aromatic carbocycles. The maximum absolute atomic E-state index is 12.9. The van der Waals surface area contributed by atoms with E-state index in [-0.39, 0.29) is 11.3 Å². The quantitative estimate of drug-likeness (QED) is 0.842. The Morgan fingerprint density at radius 2 is 1.73 bits per heavy atom. The van der Waals surface area contributed by atoms with Gasteiger partial charge in [0.1, 0.15) is 0 Å². The topological polar surface area (TPSA) is 77.9 Å². The number of rotatable bonds is 5. The van der Waals surface area contributed by atoms with Crippen molar-refractivity contribution in [2.75, 3.05) is 31.1 Å². The summed E-state index contributed by atoms with van der Waals surface area (Å²) in [5.74, 6) is -0.991. The normalized spacial score (nSPS) is 15.8. The van der Waals surface area contributed by atoms with Gasteiger partial charge in [0.05, 0.1) is 11.3 Å². The van der Waals surface area contributed by atoms with Gasteiger partial charge >= 0.3 is 5.97 Å². The molecule has 0 unspecified atom stereocenters. The summed E-state index contributed by atoms with van der Waals surface area (Å²) in [5, 5.41) is 9.54. The van der Waals surface area contributed by atoms with Crippen molar-refractivity contribution in [3.63, 3.8) is 0 Å². The van der Waals surface area contributed by atoms with E-state index in [9.17, 15) is 13.2 Å². The Morgan fingerprint density at radius 1 is 1.04 bits per heavy atom. The lowest BCUT2D eigenvalue weighted by atomic mass is 10.2. The highest BCUT2D eigenvalue weighted by atomic mass is 35.5. The highest BCUT2D eigenvalue weighted by Crippen LogP contribution is 2.23. The standard InChI is InChI=1S/C18H19ClN2O4S/c19-15-4-2-5-16(13-15)20-7-9-21(10-8-20)26(24,25)17-6-1-3-14(11-17)12-18(22)23/h1-6,11,13H,7-10,12H2,(H,22,23). The van der Waals surface area contributed by atoms with Crippen molar-refractivity contribution in [3.8, 4) is 0 Å². The zero-order valence-corrected chi connectivity index (χ0v) is 15.6. The zero-order valence-electron chi connectivity index (χ0n) is 14.0. The summed E-state index contributed by atoms with van der Waals surface area (Å²) in [6.45, 7) is 1.85. The van der Waals surface area contributed by atoms with Crippen molar-refractivity contribution in [3.05, 3.63) is 59.1 Å². The maximum Gasteiger partial charge on any atom is 0.307 e. The van der Waals surface area contributed by atoms with Gasteiger partial charge in [-0.25, -0.2) is 8.42 Å². The molecule has 1 aliphatic rings. The molecule has 1 heterocycles. The summed E-state index contributed by atoms with van der Waals surface area (Å²) in [6, 6.07) is 13.6. The van der Waals surface area contributed by atoms with Crippen molar-refractivity contribution in [1.82, 2.24) is 4.31 Å². The lowest BCUT2D eigenvalue weighted by Crippen LogP contribution is -2.48. The number of hydrogen-bond donors (Lipinski definition) is 1. The molecule has 0 aliphatic carbocycles. The van der Waals surface area contributed by atoms with E-state index in [2.05, 4.69) is 4.90 Å². The number of sulfonamides is 1. The van der Waals surface area contributed by atoms with E-state index in [1.54, 1.807) is 18.2 Å². The number of aliphatic carboxylic acids is 1. The molecule has 0 bridgehead atoms. The van der Waals surface area contributed by atoms with E-state index >= 15 is 0 Å². The van der Waals surface area contributed by atoms with E-state index < -0.39 is 16.0 Å². The number of carboxylic acid groups (broad SMARTS) is 1. The third-order valence-corrected chi connectivity index (χ3v) is 6.43. The maximum atomic E-state index is 12.9. The van der Waals surface area contributed by atoms with E-state index in [1.165, 1.54) is 16.4 Å². The highest BCUT2D eigenvalue weighted by Gasteiger charge is 2.28. The van der Waals surface area contributed by atoms with E-state index in [0.29, 0.717) is 36.8 Å². The average molecular weight is 395 g/mol. The molecule has 2 aromatic rings. The fraction of sp³-hybridized carbons (Fsp3) is 0.278. The van der Waals surface area contributed by atoms with Gasteiger partial charge in [0.25, 0.3) is 0 Å². The van der Waals surface area contributed by atoms with Gasteiger partial charge in [-0.3, -0.25) is 4.79 Å². The van der Waals surface area contributed by atoms with Crippen LogP contribution in [-0.4, -0.2) is 50.0 Å². The first-order valence-corrected chi connectivity index (χ1v) is 9.99. The third-order valence-electron chi connectivity index (χ3n) is 4.30. The van der Waals surface area contributed by atoms with Crippen molar-refractivity contribution in [2.24, 2.45) is 0 Å². The molecule has 0 saturated carbocycles. The van der Waals surface area contributed by atoms with E-state index in [0.717, 1.165) is 5.69 Å². The Bertz CT molecular complexity index is 909. The van der Waals surface area contributed by atoms with Gasteiger partial charge in [0.2, 0.25) is 10.0 Å². The Hall–Kier alpha value is -2.09. The number of anilines is 1. The lowest BCUT2D eigenvalue weighted by Gasteiger charge is -2.35. The minimum atomic E-state index is -3.65. The molecule has 3 rings (SSSR count). The van der Waals surface area contributed by atoms with E-state index in [4.69, 9.17) is 16.7 Å². The molecule has 26 heavy (non-hydrogen) atoms. The smallest absolute Gasteiger partial charge is 0.307 e. The Kier molecular flexibility index (Phi) is 5.50. The summed E-state index contributed by atoms with van der Waals surface area (Å²) < 4.78 is 27.2. The summed E-state index contributed by atoms with van der Waals surface area (Å²) in [4.78, 5) is 13.1. The second-order valence-corrected chi connectivity index (χ2v) is 8.46. The van der Waals surface area contributed by atoms with Crippen LogP contribution >= 0.6 is 11.6 Å². The van der Waals surface area contributed by atoms with Crippen molar-refractivity contribution in [1.29, 1.82) is 0 Å². The van der Waals surface area contributed by atoms with Crippen molar-refractivity contribution in [2.45, 2.75) is 11.3 Å². The van der Waals surface area contributed by atoms with Crippen LogP contribution in [0.25, 0.3) is 0 Å². The number of halogens is 1. The minimum absolute atomic E-state index is 0.132. The zero-order chi connectivity index (χ0) is 18.7. The molecule has 0 radical (unpaired) electrons. The summed E-state index contributed by atoms with van der Waals surface area (Å²) in [7, 11) is -3.65. The molecule has 1 saturated heterocycles. The number of nitrogens with zero attached hydrogens (tertiary/aromatic N) is 2. The van der Waals surface area contributed by atoms with Crippen LogP contribution in [0.2, 0.25) is 5.02 Å². The number of benzene rings is 2. The van der Waals surface area contributed by atoms with Crippen molar-refractivity contribution >= 4 is 33.3 Å². The number of carboxylic acids is 1. The second-order valence-electron chi connectivity index (χ2n) is 6.09. The van der Waals surface area contributed by atoms with Crippen LogP contribution < -0.4 is 4.90 Å². The molecule has 1 fully saturated rings. The lowest BCUT2D eigenvalue weighted by molar-refractivity contribution is -0.136. The van der Waals surface area contributed by atoms with Crippen molar-refractivity contribution < 1.29 is 18.3 Å². The Labute approximate surface area is 157 Å². The van der Waals surface area contributed by atoms with Crippen LogP contribution in [0.3, 0.4) is 0 Å². The fourth-order valence-electron chi connectivity index (χ4n) is 3.00. The molecular formula is C18H19ClN2O4S. The third kappa shape index (κ3) is 4.17. The molecule has 0 atom stereocenters. The second kappa shape index (κ2) is 7.65. The highest BCUT2D eigenvalue weighted by molar-refractivity contribution is 7.89. The largest absolute Gasteiger partial charge is 0.481 e. The average Bonchev–Trinajstić information content (AvgIpc) is 2.61. The van der Waals surface area contributed by atoms with Crippen LogP contribution in [0.15, 0.2) is 53.4 Å². The van der Waals surface area contributed by atoms with Crippen LogP contribution in [-0.2, 0) is 21.2 Å². The van der Waals surface area contributed by atoms with Crippen LogP contribution in [0.5, 0.6) is 0 Å². The van der Waals surface area contributed by atoms with Gasteiger partial charge in [0.15, 0.2) is 0 Å². The molecule has 8 heteroatoms. The monoisotopic (exact) mass is 394 g/mol. The molecule has 138 valence electrons.